The lowest BCUT2D eigenvalue weighted by atomic mass is 9.80. The maximum atomic E-state index is 13.0. The number of nitrogens with one attached hydrogen (secondary N) is 1. The van der Waals surface area contributed by atoms with Crippen molar-refractivity contribution in [2.45, 2.75) is 45.1 Å². The van der Waals surface area contributed by atoms with E-state index in [4.69, 9.17) is 5.11 Å². The number of piperidine rings is 1. The maximum absolute atomic E-state index is 13.0. The Labute approximate surface area is 208 Å². The second-order valence-electron chi connectivity index (χ2n) is 10.0. The SMILES string of the molecule is C[C@@H](CC(=O)O)CC(=O)N1CCC(c2ccccc2)C(CN[C@H](C)c2cccc3ccccc23)C1. The van der Waals surface area contributed by atoms with Gasteiger partial charge in [0.2, 0.25) is 5.91 Å². The lowest BCUT2D eigenvalue weighted by molar-refractivity contribution is -0.139. The fourth-order valence-corrected chi connectivity index (χ4v) is 5.47. The van der Waals surface area contributed by atoms with Crippen molar-refractivity contribution in [2.75, 3.05) is 19.6 Å². The third kappa shape index (κ3) is 6.29. The first-order valence-corrected chi connectivity index (χ1v) is 12.7. The van der Waals surface area contributed by atoms with E-state index in [0.717, 1.165) is 13.0 Å². The van der Waals surface area contributed by atoms with Crippen LogP contribution in [0.5, 0.6) is 0 Å². The Morgan fingerprint density at radius 3 is 2.46 bits per heavy atom. The Morgan fingerprint density at radius 1 is 0.971 bits per heavy atom. The van der Waals surface area contributed by atoms with Crippen LogP contribution >= 0.6 is 0 Å². The Kier molecular flexibility index (Phi) is 8.19. The van der Waals surface area contributed by atoms with Crippen molar-refractivity contribution in [3.8, 4) is 0 Å². The van der Waals surface area contributed by atoms with E-state index in [0.29, 0.717) is 19.0 Å². The molecule has 4 atom stereocenters. The van der Waals surface area contributed by atoms with E-state index in [-0.39, 0.29) is 36.6 Å². The summed E-state index contributed by atoms with van der Waals surface area (Å²) < 4.78 is 0. The van der Waals surface area contributed by atoms with Gasteiger partial charge in [-0.3, -0.25) is 9.59 Å². The van der Waals surface area contributed by atoms with Crippen molar-refractivity contribution in [3.63, 3.8) is 0 Å². The number of rotatable bonds is 9. The topological polar surface area (TPSA) is 69.6 Å². The second kappa shape index (κ2) is 11.5. The van der Waals surface area contributed by atoms with Crippen molar-refractivity contribution in [1.82, 2.24) is 10.2 Å². The molecule has 5 nitrogen and oxygen atoms in total. The highest BCUT2D eigenvalue weighted by Crippen LogP contribution is 2.34. The predicted molar refractivity (Wildman–Crippen MR) is 140 cm³/mol. The number of carbonyl (C=O) groups is 2. The van der Waals surface area contributed by atoms with Gasteiger partial charge in [-0.05, 0) is 53.0 Å². The molecule has 0 aliphatic carbocycles. The normalized spacial score (nSPS) is 19.9. The molecular weight excluding hydrogens is 436 g/mol. The first-order valence-electron chi connectivity index (χ1n) is 12.7. The smallest absolute Gasteiger partial charge is 0.303 e. The second-order valence-corrected chi connectivity index (χ2v) is 10.0. The highest BCUT2D eigenvalue weighted by atomic mass is 16.4. The Morgan fingerprint density at radius 2 is 1.69 bits per heavy atom. The molecule has 3 aromatic rings. The molecule has 2 N–H and O–H groups in total. The fourth-order valence-electron chi connectivity index (χ4n) is 5.47. The summed E-state index contributed by atoms with van der Waals surface area (Å²) in [6, 6.07) is 25.7. The summed E-state index contributed by atoms with van der Waals surface area (Å²) >= 11 is 0. The van der Waals surface area contributed by atoms with Gasteiger partial charge in [0.1, 0.15) is 0 Å². The molecule has 0 bridgehead atoms. The van der Waals surface area contributed by atoms with Gasteiger partial charge in [-0.15, -0.1) is 0 Å². The molecule has 1 amide bonds. The monoisotopic (exact) mass is 472 g/mol. The number of likely N-dealkylation sites (tertiary alicyclic amines) is 1. The standard InChI is InChI=1S/C30H36N2O3/c1-21(18-30(34)35)17-29(33)32-16-15-27(23-9-4-3-5-10-23)25(20-32)19-31-22(2)26-14-8-12-24-11-6-7-13-28(24)26/h3-14,21-22,25,27,31H,15-20H2,1-2H3,(H,34,35)/t21-,22-,25?,27?/m1/s1. The van der Waals surface area contributed by atoms with E-state index >= 15 is 0 Å². The summed E-state index contributed by atoms with van der Waals surface area (Å²) in [5.41, 5.74) is 2.61. The quantitative estimate of drug-likeness (QED) is 0.424. The molecule has 0 spiro atoms. The molecule has 1 fully saturated rings. The number of carboxylic acids is 1. The van der Waals surface area contributed by atoms with E-state index in [2.05, 4.69) is 79.0 Å². The molecule has 0 saturated carbocycles. The Balaban J connectivity index is 1.48. The van der Waals surface area contributed by atoms with Crippen molar-refractivity contribution < 1.29 is 14.7 Å². The van der Waals surface area contributed by atoms with Crippen LogP contribution in [0, 0.1) is 11.8 Å². The zero-order chi connectivity index (χ0) is 24.8. The first kappa shape index (κ1) is 24.9. The van der Waals surface area contributed by atoms with Crippen LogP contribution in [0.3, 0.4) is 0 Å². The summed E-state index contributed by atoms with van der Waals surface area (Å²) in [5, 5.41) is 15.3. The molecule has 0 radical (unpaired) electrons. The number of carbonyl (C=O) groups excluding carboxylic acids is 1. The van der Waals surface area contributed by atoms with E-state index in [1.54, 1.807) is 0 Å². The van der Waals surface area contributed by atoms with Crippen LogP contribution in [0.15, 0.2) is 72.8 Å². The van der Waals surface area contributed by atoms with E-state index in [1.165, 1.54) is 21.9 Å². The van der Waals surface area contributed by atoms with Crippen LogP contribution < -0.4 is 5.32 Å². The van der Waals surface area contributed by atoms with E-state index < -0.39 is 5.97 Å². The third-order valence-electron chi connectivity index (χ3n) is 7.34. The zero-order valence-corrected chi connectivity index (χ0v) is 20.7. The van der Waals surface area contributed by atoms with Crippen LogP contribution in [-0.4, -0.2) is 41.5 Å². The maximum Gasteiger partial charge on any atom is 0.303 e. The predicted octanol–water partition coefficient (Wildman–Crippen LogP) is 5.62. The van der Waals surface area contributed by atoms with Gasteiger partial charge in [0.15, 0.2) is 0 Å². The molecule has 4 rings (SSSR count). The van der Waals surface area contributed by atoms with Gasteiger partial charge in [0.05, 0.1) is 0 Å². The Bertz CT molecular complexity index is 1140. The number of aliphatic carboxylic acids is 1. The van der Waals surface area contributed by atoms with Gasteiger partial charge in [-0.2, -0.15) is 0 Å². The fraction of sp³-hybridized carbons (Fsp3) is 0.400. The van der Waals surface area contributed by atoms with Crippen molar-refractivity contribution >= 4 is 22.6 Å². The van der Waals surface area contributed by atoms with Crippen LogP contribution in [0.2, 0.25) is 0 Å². The lowest BCUT2D eigenvalue weighted by Crippen LogP contribution is -2.46. The molecule has 5 heteroatoms. The summed E-state index contributed by atoms with van der Waals surface area (Å²) in [5.74, 6) is -0.282. The molecule has 1 heterocycles. The highest BCUT2D eigenvalue weighted by Gasteiger charge is 2.33. The number of carboxylic acid groups (broad SMARTS) is 1. The zero-order valence-electron chi connectivity index (χ0n) is 20.7. The summed E-state index contributed by atoms with van der Waals surface area (Å²) in [6.45, 7) is 6.26. The molecule has 0 aromatic heterocycles. The van der Waals surface area contributed by atoms with Gasteiger partial charge in [-0.25, -0.2) is 0 Å². The number of hydrogen-bond acceptors (Lipinski definition) is 3. The van der Waals surface area contributed by atoms with Crippen molar-refractivity contribution in [3.05, 3.63) is 83.9 Å². The Hall–Kier alpha value is -3.18. The van der Waals surface area contributed by atoms with Crippen molar-refractivity contribution in [1.29, 1.82) is 0 Å². The van der Waals surface area contributed by atoms with Gasteiger partial charge in [-0.1, -0.05) is 79.7 Å². The van der Waals surface area contributed by atoms with Gasteiger partial charge < -0.3 is 15.3 Å². The largest absolute Gasteiger partial charge is 0.481 e. The minimum Gasteiger partial charge on any atom is -0.481 e. The molecule has 1 saturated heterocycles. The van der Waals surface area contributed by atoms with Gasteiger partial charge in [0.25, 0.3) is 0 Å². The minimum atomic E-state index is -0.849. The number of fused-ring (bicyclic) bond motifs is 1. The van der Waals surface area contributed by atoms with Crippen molar-refractivity contribution in [2.24, 2.45) is 11.8 Å². The minimum absolute atomic E-state index is 0.0275. The molecule has 184 valence electrons. The van der Waals surface area contributed by atoms with Crippen LogP contribution in [0.4, 0.5) is 0 Å². The van der Waals surface area contributed by atoms with Crippen LogP contribution in [-0.2, 0) is 9.59 Å². The average molecular weight is 473 g/mol. The molecule has 35 heavy (non-hydrogen) atoms. The first-order chi connectivity index (χ1) is 16.9. The van der Waals surface area contributed by atoms with E-state index in [1.807, 2.05) is 17.9 Å². The van der Waals surface area contributed by atoms with Gasteiger partial charge in [0, 0.05) is 38.5 Å². The summed E-state index contributed by atoms with van der Waals surface area (Å²) in [7, 11) is 0. The molecule has 1 aliphatic rings. The summed E-state index contributed by atoms with van der Waals surface area (Å²) in [6.07, 6.45) is 1.23. The highest BCUT2D eigenvalue weighted by molar-refractivity contribution is 5.86. The number of nitrogens with zero attached hydrogens (tertiary/aromatic N) is 1. The average Bonchev–Trinajstić information content (AvgIpc) is 2.86. The molecule has 3 aromatic carbocycles. The van der Waals surface area contributed by atoms with Crippen LogP contribution in [0.1, 0.15) is 56.2 Å². The number of amides is 1. The lowest BCUT2D eigenvalue weighted by Gasteiger charge is -2.40. The molecule has 1 aliphatic heterocycles. The number of hydrogen-bond donors (Lipinski definition) is 2. The summed E-state index contributed by atoms with van der Waals surface area (Å²) in [4.78, 5) is 26.0. The van der Waals surface area contributed by atoms with E-state index in [9.17, 15) is 9.59 Å². The molecular formula is C30H36N2O3. The van der Waals surface area contributed by atoms with Crippen LogP contribution in [0.25, 0.3) is 10.8 Å². The number of benzene rings is 3. The third-order valence-corrected chi connectivity index (χ3v) is 7.34. The van der Waals surface area contributed by atoms with Gasteiger partial charge >= 0.3 is 5.97 Å². The molecule has 2 unspecified atom stereocenters.